The van der Waals surface area contributed by atoms with Crippen LogP contribution in [0.15, 0.2) is 12.1 Å². The molecule has 104 valence electrons. The summed E-state index contributed by atoms with van der Waals surface area (Å²) in [6.07, 6.45) is 1.15. The van der Waals surface area contributed by atoms with E-state index >= 15 is 0 Å². The van der Waals surface area contributed by atoms with Crippen molar-refractivity contribution in [3.8, 4) is 0 Å². The molecular formula is C13H18ClN3O2. The lowest BCUT2D eigenvalue weighted by Crippen LogP contribution is -2.42. The van der Waals surface area contributed by atoms with Crippen molar-refractivity contribution >= 4 is 23.3 Å². The molecule has 2 rings (SSSR count). The molecule has 1 aromatic heterocycles. The van der Waals surface area contributed by atoms with Crippen molar-refractivity contribution in [3.63, 3.8) is 0 Å². The second-order valence-corrected chi connectivity index (χ2v) is 5.37. The van der Waals surface area contributed by atoms with Crippen LogP contribution in [0.5, 0.6) is 0 Å². The molecule has 19 heavy (non-hydrogen) atoms. The van der Waals surface area contributed by atoms with Gasteiger partial charge in [0.2, 0.25) is 0 Å². The number of amides is 1. The van der Waals surface area contributed by atoms with Crippen molar-refractivity contribution in [3.05, 3.63) is 22.8 Å². The van der Waals surface area contributed by atoms with Crippen LogP contribution in [-0.2, 0) is 0 Å². The molecule has 0 aliphatic carbocycles. The Kier molecular flexibility index (Phi) is 4.27. The SMILES string of the molecule is CN(C)c1cc(C(=O)N2CCCC(O)C2)cc(Cl)n1. The fourth-order valence-electron chi connectivity index (χ4n) is 2.16. The molecule has 1 aromatic rings. The van der Waals surface area contributed by atoms with Crippen molar-refractivity contribution < 1.29 is 9.90 Å². The third-order valence-electron chi connectivity index (χ3n) is 3.17. The van der Waals surface area contributed by atoms with Crippen molar-refractivity contribution in [1.82, 2.24) is 9.88 Å². The van der Waals surface area contributed by atoms with E-state index in [0.717, 1.165) is 12.8 Å². The summed E-state index contributed by atoms with van der Waals surface area (Å²) < 4.78 is 0. The van der Waals surface area contributed by atoms with Crippen molar-refractivity contribution in [1.29, 1.82) is 0 Å². The van der Waals surface area contributed by atoms with E-state index in [0.29, 0.717) is 29.6 Å². The zero-order valence-electron chi connectivity index (χ0n) is 11.1. The van der Waals surface area contributed by atoms with Gasteiger partial charge in [0.25, 0.3) is 5.91 Å². The molecule has 0 aromatic carbocycles. The lowest BCUT2D eigenvalue weighted by Gasteiger charge is -2.30. The summed E-state index contributed by atoms with van der Waals surface area (Å²) in [6, 6.07) is 3.28. The minimum atomic E-state index is -0.427. The lowest BCUT2D eigenvalue weighted by atomic mass is 10.1. The summed E-state index contributed by atoms with van der Waals surface area (Å²) in [6.45, 7) is 1.06. The van der Waals surface area contributed by atoms with E-state index in [4.69, 9.17) is 11.6 Å². The molecule has 1 aliphatic heterocycles. The molecule has 1 fully saturated rings. The summed E-state index contributed by atoms with van der Waals surface area (Å²) in [7, 11) is 3.69. The number of aromatic nitrogens is 1. The molecule has 1 unspecified atom stereocenters. The maximum Gasteiger partial charge on any atom is 0.254 e. The molecule has 0 bridgehead atoms. The number of hydrogen-bond acceptors (Lipinski definition) is 4. The number of rotatable bonds is 2. The quantitative estimate of drug-likeness (QED) is 0.834. The molecule has 6 heteroatoms. The Balaban J connectivity index is 2.23. The number of likely N-dealkylation sites (tertiary alicyclic amines) is 1. The van der Waals surface area contributed by atoms with Crippen LogP contribution in [0.2, 0.25) is 5.15 Å². The van der Waals surface area contributed by atoms with Crippen molar-refractivity contribution in [2.75, 3.05) is 32.1 Å². The predicted molar refractivity (Wildman–Crippen MR) is 74.7 cm³/mol. The highest BCUT2D eigenvalue weighted by Crippen LogP contribution is 2.20. The van der Waals surface area contributed by atoms with E-state index in [-0.39, 0.29) is 5.91 Å². The summed E-state index contributed by atoms with van der Waals surface area (Å²) in [4.78, 5) is 20.0. The minimum Gasteiger partial charge on any atom is -0.391 e. The van der Waals surface area contributed by atoms with Crippen LogP contribution in [0, 0.1) is 0 Å². The minimum absolute atomic E-state index is 0.105. The Hall–Kier alpha value is -1.33. The highest BCUT2D eigenvalue weighted by atomic mass is 35.5. The molecule has 1 amide bonds. The number of anilines is 1. The second kappa shape index (κ2) is 5.75. The van der Waals surface area contributed by atoms with E-state index in [9.17, 15) is 9.90 Å². The van der Waals surface area contributed by atoms with Crippen LogP contribution in [0.25, 0.3) is 0 Å². The van der Waals surface area contributed by atoms with Crippen LogP contribution >= 0.6 is 11.6 Å². The van der Waals surface area contributed by atoms with Gasteiger partial charge in [0.1, 0.15) is 11.0 Å². The van der Waals surface area contributed by atoms with E-state index in [1.165, 1.54) is 0 Å². The van der Waals surface area contributed by atoms with Crippen molar-refractivity contribution in [2.24, 2.45) is 0 Å². The van der Waals surface area contributed by atoms with Gasteiger partial charge in [0, 0.05) is 32.7 Å². The zero-order valence-corrected chi connectivity index (χ0v) is 11.9. The van der Waals surface area contributed by atoms with E-state index < -0.39 is 6.10 Å². The first-order valence-electron chi connectivity index (χ1n) is 6.29. The lowest BCUT2D eigenvalue weighted by molar-refractivity contribution is 0.0473. The van der Waals surface area contributed by atoms with Crippen LogP contribution in [0.3, 0.4) is 0 Å². The number of aliphatic hydroxyl groups excluding tert-OH is 1. The van der Waals surface area contributed by atoms with Gasteiger partial charge in [0.15, 0.2) is 0 Å². The summed E-state index contributed by atoms with van der Waals surface area (Å²) in [5, 5.41) is 9.93. The average Bonchev–Trinajstić information content (AvgIpc) is 2.37. The third-order valence-corrected chi connectivity index (χ3v) is 3.36. The topological polar surface area (TPSA) is 56.7 Å². The molecule has 1 saturated heterocycles. The molecular weight excluding hydrogens is 266 g/mol. The van der Waals surface area contributed by atoms with E-state index in [2.05, 4.69) is 4.98 Å². The molecule has 1 aliphatic rings. The maximum absolute atomic E-state index is 12.4. The van der Waals surface area contributed by atoms with Gasteiger partial charge in [0.05, 0.1) is 6.10 Å². The van der Waals surface area contributed by atoms with Crippen molar-refractivity contribution in [2.45, 2.75) is 18.9 Å². The van der Waals surface area contributed by atoms with Gasteiger partial charge in [-0.25, -0.2) is 4.98 Å². The zero-order chi connectivity index (χ0) is 14.0. The Morgan fingerprint density at radius 1 is 1.53 bits per heavy atom. The molecule has 1 atom stereocenters. The number of aliphatic hydroxyl groups is 1. The fraction of sp³-hybridized carbons (Fsp3) is 0.538. The predicted octanol–water partition coefficient (Wildman–Crippen LogP) is 1.40. The Morgan fingerprint density at radius 2 is 2.26 bits per heavy atom. The highest BCUT2D eigenvalue weighted by Gasteiger charge is 2.23. The summed E-state index contributed by atoms with van der Waals surface area (Å²) in [5.41, 5.74) is 0.512. The highest BCUT2D eigenvalue weighted by molar-refractivity contribution is 6.29. The summed E-state index contributed by atoms with van der Waals surface area (Å²) >= 11 is 5.95. The Bertz CT molecular complexity index is 479. The number of hydrogen-bond donors (Lipinski definition) is 1. The molecule has 2 heterocycles. The maximum atomic E-state index is 12.4. The van der Waals surface area contributed by atoms with Gasteiger partial charge in [-0.3, -0.25) is 4.79 Å². The van der Waals surface area contributed by atoms with Crippen LogP contribution < -0.4 is 4.90 Å². The largest absolute Gasteiger partial charge is 0.391 e. The van der Waals surface area contributed by atoms with Crippen LogP contribution in [0.1, 0.15) is 23.2 Å². The van der Waals surface area contributed by atoms with Crippen LogP contribution in [0.4, 0.5) is 5.82 Å². The first-order valence-corrected chi connectivity index (χ1v) is 6.67. The fourth-order valence-corrected chi connectivity index (χ4v) is 2.36. The van der Waals surface area contributed by atoms with E-state index in [1.807, 2.05) is 14.1 Å². The second-order valence-electron chi connectivity index (χ2n) is 4.98. The third kappa shape index (κ3) is 3.36. The number of nitrogens with zero attached hydrogens (tertiary/aromatic N) is 3. The monoisotopic (exact) mass is 283 g/mol. The van der Waals surface area contributed by atoms with Gasteiger partial charge in [-0.05, 0) is 25.0 Å². The average molecular weight is 284 g/mol. The van der Waals surface area contributed by atoms with E-state index in [1.54, 1.807) is 21.9 Å². The first kappa shape index (κ1) is 14.1. The number of piperidine rings is 1. The number of halogens is 1. The Morgan fingerprint density at radius 3 is 2.89 bits per heavy atom. The van der Waals surface area contributed by atoms with Gasteiger partial charge >= 0.3 is 0 Å². The number of β-amino-alcohol motifs (C(OH)–C–C–N with tert-alkyl or cyclic N) is 1. The van der Waals surface area contributed by atoms with Gasteiger partial charge in [-0.1, -0.05) is 11.6 Å². The number of carbonyl (C=O) groups excluding carboxylic acids is 1. The normalized spacial score (nSPS) is 19.4. The smallest absolute Gasteiger partial charge is 0.254 e. The molecule has 0 saturated carbocycles. The first-order chi connectivity index (χ1) is 8.97. The van der Waals surface area contributed by atoms with Gasteiger partial charge < -0.3 is 14.9 Å². The Labute approximate surface area is 117 Å². The number of pyridine rings is 1. The standard InChI is InChI=1S/C13H18ClN3O2/c1-16(2)12-7-9(6-11(14)15-12)13(19)17-5-3-4-10(18)8-17/h6-7,10,18H,3-5,8H2,1-2H3. The molecule has 0 radical (unpaired) electrons. The molecule has 5 nitrogen and oxygen atoms in total. The van der Waals surface area contributed by atoms with Crippen LogP contribution in [-0.4, -0.2) is 54.2 Å². The number of carbonyl (C=O) groups is 1. The molecule has 0 spiro atoms. The molecule has 1 N–H and O–H groups in total. The summed E-state index contributed by atoms with van der Waals surface area (Å²) in [5.74, 6) is 0.541. The van der Waals surface area contributed by atoms with Gasteiger partial charge in [-0.15, -0.1) is 0 Å². The van der Waals surface area contributed by atoms with Gasteiger partial charge in [-0.2, -0.15) is 0 Å².